The van der Waals surface area contributed by atoms with Gasteiger partial charge in [0.2, 0.25) is 0 Å². The number of hydrogen-bond donors (Lipinski definition) is 1. The minimum atomic E-state index is 1.04. The SMILES string of the molecule is Cc1cc2cc[nH]cc-2n1. The predicted octanol–water partition coefficient (Wildman–Crippen LogP) is 1.82. The smallest absolute Gasteiger partial charge is 0.0866 e. The monoisotopic (exact) mass is 132 g/mol. The molecule has 10 heavy (non-hydrogen) atoms. The van der Waals surface area contributed by atoms with Gasteiger partial charge in [-0.05, 0) is 19.1 Å². The van der Waals surface area contributed by atoms with Crippen LogP contribution in [-0.4, -0.2) is 9.97 Å². The van der Waals surface area contributed by atoms with Gasteiger partial charge in [0.1, 0.15) is 0 Å². The fourth-order valence-corrected chi connectivity index (χ4v) is 1.10. The summed E-state index contributed by atoms with van der Waals surface area (Å²) in [6.07, 6.45) is 3.81. The van der Waals surface area contributed by atoms with Gasteiger partial charge in [-0.15, -0.1) is 0 Å². The van der Waals surface area contributed by atoms with Crippen molar-refractivity contribution in [3.05, 3.63) is 30.2 Å². The van der Waals surface area contributed by atoms with Crippen LogP contribution in [0.1, 0.15) is 5.69 Å². The van der Waals surface area contributed by atoms with Crippen LogP contribution in [0, 0.1) is 6.92 Å². The first kappa shape index (κ1) is 5.47. The summed E-state index contributed by atoms with van der Waals surface area (Å²) in [5.41, 5.74) is 3.32. The summed E-state index contributed by atoms with van der Waals surface area (Å²) in [6, 6.07) is 4.10. The molecule has 0 amide bonds. The molecule has 0 saturated carbocycles. The van der Waals surface area contributed by atoms with Gasteiger partial charge >= 0.3 is 0 Å². The zero-order chi connectivity index (χ0) is 6.97. The van der Waals surface area contributed by atoms with Crippen molar-refractivity contribution in [2.45, 2.75) is 6.92 Å². The van der Waals surface area contributed by atoms with Crippen LogP contribution in [0.3, 0.4) is 0 Å². The Labute approximate surface area is 59.3 Å². The maximum atomic E-state index is 4.28. The van der Waals surface area contributed by atoms with E-state index in [-0.39, 0.29) is 0 Å². The summed E-state index contributed by atoms with van der Waals surface area (Å²) in [5, 5.41) is 0. The van der Waals surface area contributed by atoms with Crippen molar-refractivity contribution >= 4 is 0 Å². The molecular formula is C8H8N2. The Balaban J connectivity index is 2.76. The lowest BCUT2D eigenvalue weighted by Crippen LogP contribution is -1.76. The first-order chi connectivity index (χ1) is 4.86. The third-order valence-electron chi connectivity index (χ3n) is 1.54. The van der Waals surface area contributed by atoms with E-state index in [2.05, 4.69) is 16.0 Å². The minimum absolute atomic E-state index is 1.04. The molecule has 2 aliphatic rings. The Hall–Kier alpha value is -1.31. The van der Waals surface area contributed by atoms with E-state index >= 15 is 0 Å². The van der Waals surface area contributed by atoms with Crippen molar-refractivity contribution in [1.29, 1.82) is 0 Å². The van der Waals surface area contributed by atoms with Gasteiger partial charge in [-0.2, -0.15) is 0 Å². The van der Waals surface area contributed by atoms with E-state index < -0.39 is 0 Å². The van der Waals surface area contributed by atoms with Crippen LogP contribution < -0.4 is 0 Å². The van der Waals surface area contributed by atoms with E-state index in [1.807, 2.05) is 25.4 Å². The molecule has 0 aromatic rings. The molecule has 0 spiro atoms. The molecule has 2 heterocycles. The second kappa shape index (κ2) is 1.84. The first-order valence-electron chi connectivity index (χ1n) is 3.26. The molecule has 0 unspecified atom stereocenters. The summed E-state index contributed by atoms with van der Waals surface area (Å²) in [7, 11) is 0. The van der Waals surface area contributed by atoms with Crippen LogP contribution >= 0.6 is 0 Å². The second-order valence-electron chi connectivity index (χ2n) is 2.38. The van der Waals surface area contributed by atoms with E-state index in [9.17, 15) is 0 Å². The maximum absolute atomic E-state index is 4.28. The van der Waals surface area contributed by atoms with Gasteiger partial charge in [0.05, 0.1) is 5.69 Å². The number of fused-ring (bicyclic) bond motifs is 1. The Bertz CT molecular complexity index is 281. The van der Waals surface area contributed by atoms with E-state index in [1.54, 1.807) is 0 Å². The first-order valence-corrected chi connectivity index (χ1v) is 3.26. The van der Waals surface area contributed by atoms with Crippen LogP contribution in [0.15, 0.2) is 24.5 Å². The van der Waals surface area contributed by atoms with Gasteiger partial charge in [-0.3, -0.25) is 4.98 Å². The normalized spacial score (nSPS) is 10.5. The molecule has 0 radical (unpaired) electrons. The van der Waals surface area contributed by atoms with Gasteiger partial charge < -0.3 is 4.98 Å². The number of hydrogen-bond acceptors (Lipinski definition) is 1. The largest absolute Gasteiger partial charge is 0.366 e. The number of aryl methyl sites for hydroxylation is 1. The van der Waals surface area contributed by atoms with E-state index in [4.69, 9.17) is 0 Å². The molecule has 50 valence electrons. The van der Waals surface area contributed by atoms with Gasteiger partial charge in [-0.25, -0.2) is 0 Å². The zero-order valence-electron chi connectivity index (χ0n) is 5.76. The number of aromatic nitrogens is 2. The Kier molecular flexibility index (Phi) is 1.01. The number of pyridine rings is 1. The van der Waals surface area contributed by atoms with Crippen molar-refractivity contribution in [3.8, 4) is 11.3 Å². The van der Waals surface area contributed by atoms with Gasteiger partial charge in [0.25, 0.3) is 0 Å². The Morgan fingerprint density at radius 1 is 1.50 bits per heavy atom. The fraction of sp³-hybridized carbons (Fsp3) is 0.125. The number of H-pyrrole nitrogens is 1. The van der Waals surface area contributed by atoms with Crippen molar-refractivity contribution in [2.75, 3.05) is 0 Å². The number of nitrogens with zero attached hydrogens (tertiary/aromatic N) is 1. The maximum Gasteiger partial charge on any atom is 0.0866 e. The van der Waals surface area contributed by atoms with Crippen molar-refractivity contribution in [2.24, 2.45) is 0 Å². The molecule has 2 nitrogen and oxygen atoms in total. The number of nitrogens with one attached hydrogen (secondary N) is 1. The van der Waals surface area contributed by atoms with Gasteiger partial charge in [-0.1, -0.05) is 0 Å². The molecule has 1 N–H and O–H groups in total. The topological polar surface area (TPSA) is 28.7 Å². The number of rotatable bonds is 0. The summed E-state index contributed by atoms with van der Waals surface area (Å²) in [6.45, 7) is 2.00. The molecule has 2 aliphatic heterocycles. The lowest BCUT2D eigenvalue weighted by atomic mass is 10.2. The lowest BCUT2D eigenvalue weighted by Gasteiger charge is -1.91. The Morgan fingerprint density at radius 3 is 3.20 bits per heavy atom. The number of aromatic amines is 1. The standard InChI is InChI=1S/C8H8N2/c1-6-4-7-2-3-9-5-8(7)10-6/h2-5,9H,1H3. The van der Waals surface area contributed by atoms with Crippen LogP contribution in [0.5, 0.6) is 0 Å². The molecule has 0 aromatic heterocycles. The van der Waals surface area contributed by atoms with E-state index in [1.165, 1.54) is 5.56 Å². The fourth-order valence-electron chi connectivity index (χ4n) is 1.10. The zero-order valence-corrected chi connectivity index (χ0v) is 5.76. The van der Waals surface area contributed by atoms with E-state index in [0.29, 0.717) is 0 Å². The highest BCUT2D eigenvalue weighted by molar-refractivity contribution is 5.60. The summed E-state index contributed by atoms with van der Waals surface area (Å²) >= 11 is 0. The predicted molar refractivity (Wildman–Crippen MR) is 39.9 cm³/mol. The molecule has 0 aliphatic carbocycles. The molecule has 2 heteroatoms. The van der Waals surface area contributed by atoms with Crippen LogP contribution in [-0.2, 0) is 0 Å². The molecule has 0 fully saturated rings. The highest BCUT2D eigenvalue weighted by Crippen LogP contribution is 2.19. The molecule has 0 saturated heterocycles. The molecule has 0 atom stereocenters. The van der Waals surface area contributed by atoms with Crippen LogP contribution in [0.2, 0.25) is 0 Å². The lowest BCUT2D eigenvalue weighted by molar-refractivity contribution is 1.24. The average molecular weight is 132 g/mol. The van der Waals surface area contributed by atoms with Crippen molar-refractivity contribution in [3.63, 3.8) is 0 Å². The van der Waals surface area contributed by atoms with Crippen molar-refractivity contribution < 1.29 is 0 Å². The summed E-state index contributed by atoms with van der Waals surface area (Å²) in [5.74, 6) is 0. The highest BCUT2D eigenvalue weighted by Gasteiger charge is 2.02. The van der Waals surface area contributed by atoms with Crippen molar-refractivity contribution in [1.82, 2.24) is 9.97 Å². The van der Waals surface area contributed by atoms with E-state index in [0.717, 1.165) is 11.4 Å². The van der Waals surface area contributed by atoms with Crippen LogP contribution in [0.4, 0.5) is 0 Å². The third-order valence-corrected chi connectivity index (χ3v) is 1.54. The van der Waals surface area contributed by atoms with Gasteiger partial charge in [0, 0.05) is 23.7 Å². The third kappa shape index (κ3) is 0.692. The molecule has 2 rings (SSSR count). The molecule has 0 aromatic carbocycles. The Morgan fingerprint density at radius 2 is 2.40 bits per heavy atom. The molecular weight excluding hydrogens is 124 g/mol. The quantitative estimate of drug-likeness (QED) is 0.582. The summed E-state index contributed by atoms with van der Waals surface area (Å²) in [4.78, 5) is 7.27. The minimum Gasteiger partial charge on any atom is -0.366 e. The average Bonchev–Trinajstić information content (AvgIpc) is 2.27. The van der Waals surface area contributed by atoms with Gasteiger partial charge in [0.15, 0.2) is 0 Å². The second-order valence-corrected chi connectivity index (χ2v) is 2.38. The highest BCUT2D eigenvalue weighted by atomic mass is 14.8. The van der Waals surface area contributed by atoms with Crippen LogP contribution in [0.25, 0.3) is 11.3 Å². The summed E-state index contributed by atoms with van der Waals surface area (Å²) < 4.78 is 0. The molecule has 0 bridgehead atoms.